The largest absolute Gasteiger partial charge is 0.270 e. The summed E-state index contributed by atoms with van der Waals surface area (Å²) in [4.78, 5) is 8.35. The quantitative estimate of drug-likeness (QED) is 0.144. The van der Waals surface area contributed by atoms with Crippen LogP contribution in [0.5, 0.6) is 0 Å². The SMILES string of the molecule is CC(F)(F)c1ccc(-c2ccc(-c3ccc(-c4c5c(c(-c6ccc(-c7ccc(-c8ccc(C(C)(F)F)cc8)s7)s6)c6nsnc46)N=S=N5)s3)s2)cc1. The van der Waals surface area contributed by atoms with Gasteiger partial charge in [0.15, 0.2) is 0 Å². The average Bonchev–Trinajstić information content (AvgIpc) is 3.96. The Balaban J connectivity index is 1.03. The van der Waals surface area contributed by atoms with Crippen LogP contribution < -0.4 is 0 Å². The van der Waals surface area contributed by atoms with Crippen molar-refractivity contribution in [2.24, 2.45) is 8.73 Å². The molecule has 8 aromatic rings. The predicted molar refractivity (Wildman–Crippen MR) is 212 cm³/mol. The number of fused-ring (bicyclic) bond motifs is 2. The number of hydrogen-bond acceptors (Lipinski definition) is 9. The molecule has 0 spiro atoms. The van der Waals surface area contributed by atoms with E-state index in [9.17, 15) is 17.6 Å². The minimum absolute atomic E-state index is 0.00216. The van der Waals surface area contributed by atoms with E-state index in [1.54, 1.807) is 69.6 Å². The highest BCUT2D eigenvalue weighted by Gasteiger charge is 2.29. The molecule has 0 amide bonds. The third kappa shape index (κ3) is 6.00. The Morgan fingerprint density at radius 3 is 1.12 bits per heavy atom. The first-order valence-electron chi connectivity index (χ1n) is 15.8. The first-order valence-corrected chi connectivity index (χ1v) is 20.5. The van der Waals surface area contributed by atoms with E-state index >= 15 is 0 Å². The van der Waals surface area contributed by atoms with Crippen LogP contribution in [0.1, 0.15) is 25.0 Å². The molecule has 0 bridgehead atoms. The van der Waals surface area contributed by atoms with E-state index in [1.807, 2.05) is 12.1 Å². The molecule has 0 saturated carbocycles. The summed E-state index contributed by atoms with van der Waals surface area (Å²) >= 11 is 8.86. The smallest absolute Gasteiger partial charge is 0.202 e. The van der Waals surface area contributed by atoms with Crippen LogP contribution in [0.4, 0.5) is 28.9 Å². The van der Waals surface area contributed by atoms with Crippen molar-refractivity contribution in [3.05, 3.63) is 108 Å². The lowest BCUT2D eigenvalue weighted by Crippen LogP contribution is -2.06. The van der Waals surface area contributed by atoms with Crippen LogP contribution in [-0.2, 0) is 23.2 Å². The van der Waals surface area contributed by atoms with E-state index < -0.39 is 11.8 Å². The van der Waals surface area contributed by atoms with Gasteiger partial charge in [0.1, 0.15) is 22.4 Å². The van der Waals surface area contributed by atoms with Crippen molar-refractivity contribution in [3.63, 3.8) is 0 Å². The van der Waals surface area contributed by atoms with Gasteiger partial charge in [-0.2, -0.15) is 17.5 Å². The zero-order valence-corrected chi connectivity index (χ0v) is 31.9. The van der Waals surface area contributed by atoms with Crippen molar-refractivity contribution in [3.8, 4) is 61.3 Å². The predicted octanol–water partition coefficient (Wildman–Crippen LogP) is 14.9. The van der Waals surface area contributed by atoms with Gasteiger partial charge in [0.2, 0.25) is 0 Å². The van der Waals surface area contributed by atoms with Crippen LogP contribution in [0.25, 0.3) is 72.3 Å². The second-order valence-corrected chi connectivity index (χ2v) is 17.7. The third-order valence-corrected chi connectivity index (χ3v) is 14.6. The summed E-state index contributed by atoms with van der Waals surface area (Å²) in [6.07, 6.45) is 0. The summed E-state index contributed by atoms with van der Waals surface area (Å²) < 4.78 is 74.0. The number of halogens is 4. The van der Waals surface area contributed by atoms with E-state index in [0.29, 0.717) is 0 Å². The number of alkyl halides is 4. The van der Waals surface area contributed by atoms with Gasteiger partial charge >= 0.3 is 0 Å². The lowest BCUT2D eigenvalue weighted by molar-refractivity contribution is 0.0168. The van der Waals surface area contributed by atoms with Gasteiger partial charge in [0.05, 0.1) is 23.1 Å². The zero-order valence-electron chi connectivity index (χ0n) is 27.0. The fourth-order valence-corrected chi connectivity index (χ4v) is 11.5. The van der Waals surface area contributed by atoms with Gasteiger partial charge in [-0.3, -0.25) is 0 Å². The van der Waals surface area contributed by atoms with Crippen LogP contribution in [0.2, 0.25) is 0 Å². The maximum Gasteiger partial charge on any atom is 0.270 e. The highest BCUT2D eigenvalue weighted by atomic mass is 32.1. The fourth-order valence-electron chi connectivity index (χ4n) is 6.04. The topological polar surface area (TPSA) is 50.5 Å². The highest BCUT2D eigenvalue weighted by Crippen LogP contribution is 2.55. The van der Waals surface area contributed by atoms with Crippen molar-refractivity contribution < 1.29 is 17.6 Å². The average molecular weight is 803 g/mol. The van der Waals surface area contributed by atoms with E-state index in [4.69, 9.17) is 17.5 Å². The second-order valence-electron chi connectivity index (χ2n) is 12.3. The maximum atomic E-state index is 13.7. The molecule has 0 atom stereocenters. The summed E-state index contributed by atoms with van der Waals surface area (Å²) in [5.74, 6) is -5.75. The number of rotatable bonds is 8. The molecule has 0 unspecified atom stereocenters. The van der Waals surface area contributed by atoms with Crippen LogP contribution in [0.3, 0.4) is 0 Å². The molecule has 52 heavy (non-hydrogen) atoms. The number of benzene rings is 3. The van der Waals surface area contributed by atoms with Crippen molar-refractivity contribution in [1.29, 1.82) is 0 Å². The summed E-state index contributed by atoms with van der Waals surface area (Å²) in [7, 11) is 0. The van der Waals surface area contributed by atoms with Gasteiger partial charge in [0, 0.05) is 75.1 Å². The van der Waals surface area contributed by atoms with Crippen molar-refractivity contribution in [1.82, 2.24) is 8.75 Å². The number of nitrogens with zero attached hydrogens (tertiary/aromatic N) is 4. The van der Waals surface area contributed by atoms with E-state index in [2.05, 4.69) is 36.4 Å². The first-order chi connectivity index (χ1) is 25.0. The summed E-state index contributed by atoms with van der Waals surface area (Å²) in [5, 5.41) is 0. The third-order valence-electron chi connectivity index (χ3n) is 8.68. The molecule has 0 aliphatic carbocycles. The molecule has 1 aliphatic rings. The summed E-state index contributed by atoms with van der Waals surface area (Å²) in [5.41, 5.74) is 6.73. The molecule has 4 nitrogen and oxygen atoms in total. The molecular formula is C38H22F4N4S6. The maximum absolute atomic E-state index is 13.7. The first kappa shape index (κ1) is 33.6. The molecule has 0 fully saturated rings. The molecule has 9 rings (SSSR count). The fraction of sp³-hybridized carbons (Fsp3) is 0.105. The molecule has 14 heteroatoms. The Kier molecular flexibility index (Phi) is 8.25. The summed E-state index contributed by atoms with van der Waals surface area (Å²) in [6.45, 7) is 1.81. The lowest BCUT2D eigenvalue weighted by Gasteiger charge is -2.10. The highest BCUT2D eigenvalue weighted by molar-refractivity contribution is 7.58. The van der Waals surface area contributed by atoms with Crippen molar-refractivity contribution in [2.45, 2.75) is 25.7 Å². The summed E-state index contributed by atoms with van der Waals surface area (Å²) in [6, 6.07) is 29.5. The molecule has 0 saturated heterocycles. The minimum atomic E-state index is -2.87. The Morgan fingerprint density at radius 1 is 0.423 bits per heavy atom. The molecular weight excluding hydrogens is 781 g/mol. The van der Waals surface area contributed by atoms with Crippen molar-refractivity contribution >= 4 is 90.8 Å². The molecule has 0 radical (unpaired) electrons. The van der Waals surface area contributed by atoms with Gasteiger partial charge in [0.25, 0.3) is 11.8 Å². The number of hydrogen-bond donors (Lipinski definition) is 0. The van der Waals surface area contributed by atoms with E-state index in [-0.39, 0.29) is 11.1 Å². The number of aromatic nitrogens is 2. The van der Waals surface area contributed by atoms with Crippen LogP contribution >= 0.6 is 57.1 Å². The van der Waals surface area contributed by atoms with Gasteiger partial charge in [-0.1, -0.05) is 48.5 Å². The van der Waals surface area contributed by atoms with E-state index in [0.717, 1.165) is 121 Å². The normalized spacial score (nSPS) is 12.9. The Bertz CT molecular complexity index is 2520. The van der Waals surface area contributed by atoms with Crippen molar-refractivity contribution in [2.75, 3.05) is 0 Å². The molecule has 258 valence electrons. The van der Waals surface area contributed by atoms with Gasteiger partial charge in [-0.15, -0.1) is 45.3 Å². The minimum Gasteiger partial charge on any atom is -0.202 e. The Morgan fingerprint density at radius 2 is 0.750 bits per heavy atom. The van der Waals surface area contributed by atoms with Crippen LogP contribution in [0, 0.1) is 0 Å². The second kappa shape index (κ2) is 12.7. The van der Waals surface area contributed by atoms with E-state index in [1.165, 1.54) is 24.3 Å². The lowest BCUT2D eigenvalue weighted by atomic mass is 10.0. The Labute approximate surface area is 318 Å². The van der Waals surface area contributed by atoms with Crippen LogP contribution in [-0.4, -0.2) is 8.75 Å². The van der Waals surface area contributed by atoms with Crippen LogP contribution in [0.15, 0.2) is 106 Å². The molecule has 6 heterocycles. The molecule has 0 N–H and O–H groups in total. The zero-order chi connectivity index (χ0) is 35.8. The molecule has 5 aromatic heterocycles. The van der Waals surface area contributed by atoms with Gasteiger partial charge in [-0.05, 0) is 59.7 Å². The standard InChI is InChI=1S/C38H22F4N4S6/c1-37(39,40)21-7-3-19(4-8-21)23-11-13-25(47-23)27-15-17-29(49-27)31-33-35(45-51-43-33)32(36-34(31)44-52-46-36)30-18-16-28(50-30)26-14-12-24(48-26)20-5-9-22(10-6-20)38(2,41)42/h3-18H,1-2H3. The Hall–Kier alpha value is -4.18. The molecule has 1 aliphatic heterocycles. The van der Waals surface area contributed by atoms with Gasteiger partial charge in [-0.25, -0.2) is 17.6 Å². The monoisotopic (exact) mass is 802 g/mol. The van der Waals surface area contributed by atoms with Gasteiger partial charge < -0.3 is 0 Å². The molecule has 3 aromatic carbocycles. The number of thiophene rings is 4.